The molecule has 0 saturated heterocycles. The lowest BCUT2D eigenvalue weighted by atomic mass is 9.99. The van der Waals surface area contributed by atoms with E-state index in [0.29, 0.717) is 16.7 Å². The smallest absolute Gasteiger partial charge is 0.255 e. The van der Waals surface area contributed by atoms with Gasteiger partial charge >= 0.3 is 0 Å². The Morgan fingerprint density at radius 2 is 1.95 bits per heavy atom. The number of pyridine rings is 1. The van der Waals surface area contributed by atoms with Crippen LogP contribution in [0.4, 0.5) is 0 Å². The number of nitrogens with one attached hydrogen (secondary N) is 1. The lowest BCUT2D eigenvalue weighted by Gasteiger charge is -2.09. The van der Waals surface area contributed by atoms with Crippen LogP contribution in [0.25, 0.3) is 21.9 Å². The molecule has 3 rings (SSSR count). The summed E-state index contributed by atoms with van der Waals surface area (Å²) in [6.45, 7) is 0. The Hall–Kier alpha value is -2.26. The largest absolute Gasteiger partial charge is 0.507 e. The van der Waals surface area contributed by atoms with Crippen LogP contribution in [0.3, 0.4) is 0 Å². The molecule has 0 fully saturated rings. The van der Waals surface area contributed by atoms with Crippen molar-refractivity contribution in [1.82, 2.24) is 4.98 Å². The lowest BCUT2D eigenvalue weighted by Crippen LogP contribution is -2.05. The second-order valence-electron chi connectivity index (χ2n) is 4.57. The molecule has 0 bridgehead atoms. The van der Waals surface area contributed by atoms with Gasteiger partial charge in [-0.2, -0.15) is 0 Å². The molecule has 0 aliphatic rings. The molecular formula is C16H12ClNO2. The zero-order valence-corrected chi connectivity index (χ0v) is 11.3. The number of rotatable bonds is 2. The van der Waals surface area contributed by atoms with Crippen LogP contribution in [0.1, 0.15) is 5.56 Å². The number of aromatic nitrogens is 1. The van der Waals surface area contributed by atoms with Crippen LogP contribution in [0.15, 0.2) is 53.5 Å². The minimum Gasteiger partial charge on any atom is -0.507 e. The number of phenolic OH excluding ortho intramolecular Hbond substituents is 1. The highest BCUT2D eigenvalue weighted by Gasteiger charge is 2.10. The highest BCUT2D eigenvalue weighted by molar-refractivity contribution is 6.17. The molecule has 2 aromatic carbocycles. The number of phenols is 1. The molecule has 0 aliphatic carbocycles. The third-order valence-electron chi connectivity index (χ3n) is 3.30. The van der Waals surface area contributed by atoms with E-state index in [-0.39, 0.29) is 11.3 Å². The van der Waals surface area contributed by atoms with Crippen LogP contribution in [0.2, 0.25) is 0 Å². The molecule has 2 N–H and O–H groups in total. The summed E-state index contributed by atoms with van der Waals surface area (Å²) in [5.74, 6) is 0.515. The van der Waals surface area contributed by atoms with Crippen molar-refractivity contribution in [2.24, 2.45) is 0 Å². The van der Waals surface area contributed by atoms with Crippen molar-refractivity contribution in [1.29, 1.82) is 0 Å². The van der Waals surface area contributed by atoms with Crippen molar-refractivity contribution >= 4 is 22.4 Å². The molecule has 3 aromatic rings. The summed E-state index contributed by atoms with van der Waals surface area (Å²) in [6, 6.07) is 12.7. The quantitative estimate of drug-likeness (QED) is 0.706. The summed E-state index contributed by atoms with van der Waals surface area (Å²) in [5, 5.41) is 11.1. The molecule has 0 radical (unpaired) electrons. The Bertz CT molecular complexity index is 839. The lowest BCUT2D eigenvalue weighted by molar-refractivity contribution is 0.481. The maximum atomic E-state index is 11.8. The fourth-order valence-corrected chi connectivity index (χ4v) is 2.52. The number of benzene rings is 2. The molecule has 0 unspecified atom stereocenters. The second-order valence-corrected chi connectivity index (χ2v) is 4.83. The summed E-state index contributed by atoms with van der Waals surface area (Å²) < 4.78 is 0. The van der Waals surface area contributed by atoms with Crippen LogP contribution < -0.4 is 5.56 Å². The van der Waals surface area contributed by atoms with Crippen molar-refractivity contribution in [3.8, 4) is 16.9 Å². The van der Waals surface area contributed by atoms with Gasteiger partial charge in [-0.25, -0.2) is 0 Å². The van der Waals surface area contributed by atoms with Gasteiger partial charge in [0, 0.05) is 23.0 Å². The summed E-state index contributed by atoms with van der Waals surface area (Å²) in [7, 11) is 0. The van der Waals surface area contributed by atoms with E-state index in [1.54, 1.807) is 24.4 Å². The number of fused-ring (bicyclic) bond motifs is 1. The van der Waals surface area contributed by atoms with Crippen LogP contribution in [-0.2, 0) is 5.88 Å². The first kappa shape index (κ1) is 12.8. The number of aromatic hydroxyl groups is 1. The van der Waals surface area contributed by atoms with Gasteiger partial charge in [0.1, 0.15) is 5.75 Å². The van der Waals surface area contributed by atoms with Gasteiger partial charge in [0.25, 0.3) is 5.56 Å². The maximum Gasteiger partial charge on any atom is 0.255 e. The highest BCUT2D eigenvalue weighted by atomic mass is 35.5. The van der Waals surface area contributed by atoms with Gasteiger partial charge < -0.3 is 10.1 Å². The van der Waals surface area contributed by atoms with Crippen molar-refractivity contribution in [3.05, 3.63) is 64.6 Å². The number of H-pyrrole nitrogens is 1. The number of aromatic amines is 1. The first-order valence-electron chi connectivity index (χ1n) is 6.19. The molecular weight excluding hydrogens is 274 g/mol. The molecule has 1 aromatic heterocycles. The number of hydrogen-bond acceptors (Lipinski definition) is 2. The fourth-order valence-electron chi connectivity index (χ4n) is 2.35. The fraction of sp³-hybridized carbons (Fsp3) is 0.0625. The van der Waals surface area contributed by atoms with Crippen LogP contribution >= 0.6 is 11.6 Å². The SMILES string of the molecule is O=c1[nH]cc(-c2cccc(CCl)c2)c2c(O)cccc12. The summed E-state index contributed by atoms with van der Waals surface area (Å²) >= 11 is 5.85. The predicted octanol–water partition coefficient (Wildman–Crippen LogP) is 3.64. The molecule has 20 heavy (non-hydrogen) atoms. The number of halogens is 1. The average molecular weight is 286 g/mol. The van der Waals surface area contributed by atoms with Gasteiger partial charge in [-0.3, -0.25) is 4.79 Å². The van der Waals surface area contributed by atoms with E-state index in [9.17, 15) is 9.90 Å². The van der Waals surface area contributed by atoms with Crippen molar-refractivity contribution < 1.29 is 5.11 Å². The Labute approximate surface area is 120 Å². The van der Waals surface area contributed by atoms with E-state index >= 15 is 0 Å². The molecule has 0 spiro atoms. The molecule has 0 aliphatic heterocycles. The van der Waals surface area contributed by atoms with Crippen LogP contribution in [0, 0.1) is 0 Å². The second kappa shape index (κ2) is 5.02. The average Bonchev–Trinajstić information content (AvgIpc) is 2.48. The van der Waals surface area contributed by atoms with Crippen LogP contribution in [-0.4, -0.2) is 10.1 Å². The molecule has 0 saturated carbocycles. The van der Waals surface area contributed by atoms with Gasteiger partial charge in [-0.1, -0.05) is 24.3 Å². The van der Waals surface area contributed by atoms with E-state index in [0.717, 1.165) is 16.7 Å². The van der Waals surface area contributed by atoms with Gasteiger partial charge in [-0.15, -0.1) is 11.6 Å². The normalized spacial score (nSPS) is 10.8. The Balaban J connectivity index is 2.36. The van der Waals surface area contributed by atoms with Gasteiger partial charge in [0.05, 0.1) is 5.39 Å². The van der Waals surface area contributed by atoms with Gasteiger partial charge in [-0.05, 0) is 29.3 Å². The van der Waals surface area contributed by atoms with Crippen molar-refractivity contribution in [2.75, 3.05) is 0 Å². The Morgan fingerprint density at radius 1 is 1.15 bits per heavy atom. The standard InChI is InChI=1S/C16H12ClNO2/c17-8-10-3-1-4-11(7-10)13-9-18-16(20)12-5-2-6-14(19)15(12)13/h1-7,9,19H,8H2,(H,18,20). The minimum absolute atomic E-state index is 0.0971. The third kappa shape index (κ3) is 2.06. The summed E-state index contributed by atoms with van der Waals surface area (Å²) in [6.07, 6.45) is 1.62. The Morgan fingerprint density at radius 3 is 2.75 bits per heavy atom. The highest BCUT2D eigenvalue weighted by Crippen LogP contribution is 2.32. The van der Waals surface area contributed by atoms with Crippen molar-refractivity contribution in [3.63, 3.8) is 0 Å². The first-order valence-corrected chi connectivity index (χ1v) is 6.73. The maximum absolute atomic E-state index is 11.8. The summed E-state index contributed by atoms with van der Waals surface area (Å²) in [5.41, 5.74) is 2.46. The molecule has 0 amide bonds. The monoisotopic (exact) mass is 285 g/mol. The van der Waals surface area contributed by atoms with Gasteiger partial charge in [0.15, 0.2) is 0 Å². The zero-order chi connectivity index (χ0) is 14.1. The zero-order valence-electron chi connectivity index (χ0n) is 10.6. The molecule has 4 heteroatoms. The third-order valence-corrected chi connectivity index (χ3v) is 3.60. The molecule has 0 atom stereocenters. The van der Waals surface area contributed by atoms with E-state index in [2.05, 4.69) is 4.98 Å². The molecule has 3 nitrogen and oxygen atoms in total. The first-order chi connectivity index (χ1) is 9.70. The van der Waals surface area contributed by atoms with Crippen LogP contribution in [0.5, 0.6) is 5.75 Å². The van der Waals surface area contributed by atoms with E-state index in [1.807, 2.05) is 24.3 Å². The van der Waals surface area contributed by atoms with Gasteiger partial charge in [0.2, 0.25) is 0 Å². The molecule has 1 heterocycles. The number of alkyl halides is 1. The Kier molecular flexibility index (Phi) is 3.20. The van der Waals surface area contributed by atoms with E-state index in [1.165, 1.54) is 0 Å². The topological polar surface area (TPSA) is 53.1 Å². The number of hydrogen-bond donors (Lipinski definition) is 2. The van der Waals surface area contributed by atoms with Crippen molar-refractivity contribution in [2.45, 2.75) is 5.88 Å². The van der Waals surface area contributed by atoms with E-state index < -0.39 is 0 Å². The molecule has 100 valence electrons. The summed E-state index contributed by atoms with van der Waals surface area (Å²) in [4.78, 5) is 14.6. The predicted molar refractivity (Wildman–Crippen MR) is 81.2 cm³/mol. The van der Waals surface area contributed by atoms with E-state index in [4.69, 9.17) is 11.6 Å². The minimum atomic E-state index is -0.215.